The summed E-state index contributed by atoms with van der Waals surface area (Å²) < 4.78 is 13.2. The van der Waals surface area contributed by atoms with E-state index in [4.69, 9.17) is 0 Å². The van der Waals surface area contributed by atoms with E-state index in [0.717, 1.165) is 0 Å². The van der Waals surface area contributed by atoms with Crippen molar-refractivity contribution in [2.24, 2.45) is 0 Å². The standard InChI is InChI=1S/C17H13FN2O/c18-16-8-6-14(7-9-16)17(21,13-4-2-1-3-5-13)15-10-19-12-20-11-15/h1-12,21H. The van der Waals surface area contributed by atoms with Gasteiger partial charge >= 0.3 is 0 Å². The molecular formula is C17H13FN2O. The van der Waals surface area contributed by atoms with Crippen molar-refractivity contribution in [1.29, 1.82) is 0 Å². The minimum Gasteiger partial charge on any atom is -0.376 e. The fourth-order valence-electron chi connectivity index (χ4n) is 2.36. The van der Waals surface area contributed by atoms with Crippen LogP contribution in [0, 0.1) is 5.82 Å². The van der Waals surface area contributed by atoms with E-state index in [1.807, 2.05) is 30.3 Å². The molecule has 0 radical (unpaired) electrons. The summed E-state index contributed by atoms with van der Waals surface area (Å²) in [6, 6.07) is 15.0. The molecule has 1 N–H and O–H groups in total. The first-order valence-electron chi connectivity index (χ1n) is 6.50. The first kappa shape index (κ1) is 13.4. The van der Waals surface area contributed by atoms with Gasteiger partial charge in [0.05, 0.1) is 0 Å². The SMILES string of the molecule is OC(c1ccccc1)(c1ccc(F)cc1)c1cncnc1. The number of rotatable bonds is 3. The van der Waals surface area contributed by atoms with E-state index >= 15 is 0 Å². The summed E-state index contributed by atoms with van der Waals surface area (Å²) in [5.74, 6) is -0.349. The van der Waals surface area contributed by atoms with Gasteiger partial charge in [-0.15, -0.1) is 0 Å². The van der Waals surface area contributed by atoms with Crippen LogP contribution in [0.1, 0.15) is 16.7 Å². The lowest BCUT2D eigenvalue weighted by molar-refractivity contribution is 0.125. The highest BCUT2D eigenvalue weighted by molar-refractivity contribution is 5.45. The quantitative estimate of drug-likeness (QED) is 0.802. The summed E-state index contributed by atoms with van der Waals surface area (Å²) in [6.45, 7) is 0. The van der Waals surface area contributed by atoms with Crippen molar-refractivity contribution in [2.45, 2.75) is 5.60 Å². The Balaban J connectivity index is 2.23. The molecule has 0 aliphatic heterocycles. The Morgan fingerprint density at radius 2 is 1.33 bits per heavy atom. The Kier molecular flexibility index (Phi) is 3.46. The second kappa shape index (κ2) is 5.42. The van der Waals surface area contributed by atoms with Gasteiger partial charge in [-0.3, -0.25) is 0 Å². The van der Waals surface area contributed by atoms with E-state index in [2.05, 4.69) is 9.97 Å². The lowest BCUT2D eigenvalue weighted by atomic mass is 9.82. The molecule has 1 atom stereocenters. The molecular weight excluding hydrogens is 267 g/mol. The summed E-state index contributed by atoms with van der Waals surface area (Å²) >= 11 is 0. The van der Waals surface area contributed by atoms with Crippen LogP contribution in [-0.2, 0) is 5.60 Å². The largest absolute Gasteiger partial charge is 0.376 e. The maximum atomic E-state index is 13.2. The zero-order chi connectivity index (χ0) is 14.7. The average Bonchev–Trinajstić information content (AvgIpc) is 2.56. The molecule has 0 saturated carbocycles. The molecule has 0 amide bonds. The van der Waals surface area contributed by atoms with Gasteiger partial charge in [0.25, 0.3) is 0 Å². The number of aromatic nitrogens is 2. The van der Waals surface area contributed by atoms with Gasteiger partial charge in [0, 0.05) is 18.0 Å². The van der Waals surface area contributed by atoms with Gasteiger partial charge in [0.15, 0.2) is 0 Å². The van der Waals surface area contributed by atoms with Crippen LogP contribution in [0.3, 0.4) is 0 Å². The van der Waals surface area contributed by atoms with E-state index in [-0.39, 0.29) is 5.82 Å². The maximum Gasteiger partial charge on any atom is 0.143 e. The molecule has 2 aromatic carbocycles. The lowest BCUT2D eigenvalue weighted by Gasteiger charge is -2.29. The normalized spacial score (nSPS) is 13.6. The molecule has 0 spiro atoms. The van der Waals surface area contributed by atoms with E-state index in [1.165, 1.54) is 18.5 Å². The minimum absolute atomic E-state index is 0.349. The summed E-state index contributed by atoms with van der Waals surface area (Å²) in [5.41, 5.74) is 0.343. The summed E-state index contributed by atoms with van der Waals surface area (Å²) in [7, 11) is 0. The smallest absolute Gasteiger partial charge is 0.143 e. The molecule has 0 aliphatic carbocycles. The third kappa shape index (κ3) is 2.41. The second-order valence-electron chi connectivity index (χ2n) is 4.71. The molecule has 0 aliphatic rings. The van der Waals surface area contributed by atoms with Crippen LogP contribution in [0.15, 0.2) is 73.3 Å². The fraction of sp³-hybridized carbons (Fsp3) is 0.0588. The Labute approximate surface area is 121 Å². The first-order chi connectivity index (χ1) is 10.2. The van der Waals surface area contributed by atoms with E-state index in [0.29, 0.717) is 16.7 Å². The van der Waals surface area contributed by atoms with E-state index in [1.54, 1.807) is 24.5 Å². The molecule has 21 heavy (non-hydrogen) atoms. The first-order valence-corrected chi connectivity index (χ1v) is 6.50. The Morgan fingerprint density at radius 1 is 0.762 bits per heavy atom. The van der Waals surface area contributed by atoms with Gasteiger partial charge in [0.1, 0.15) is 17.7 Å². The zero-order valence-corrected chi connectivity index (χ0v) is 11.1. The zero-order valence-electron chi connectivity index (χ0n) is 11.1. The highest BCUT2D eigenvalue weighted by Gasteiger charge is 2.34. The van der Waals surface area contributed by atoms with Gasteiger partial charge in [-0.1, -0.05) is 42.5 Å². The average molecular weight is 280 g/mol. The Hall–Kier alpha value is -2.59. The predicted molar refractivity (Wildman–Crippen MR) is 77.0 cm³/mol. The summed E-state index contributed by atoms with van der Waals surface area (Å²) in [5, 5.41) is 11.3. The predicted octanol–water partition coefficient (Wildman–Crippen LogP) is 2.90. The highest BCUT2D eigenvalue weighted by atomic mass is 19.1. The number of benzene rings is 2. The molecule has 0 bridgehead atoms. The monoisotopic (exact) mass is 280 g/mol. The number of hydrogen-bond acceptors (Lipinski definition) is 3. The third-order valence-corrected chi connectivity index (χ3v) is 3.43. The third-order valence-electron chi connectivity index (χ3n) is 3.43. The van der Waals surface area contributed by atoms with Gasteiger partial charge in [-0.05, 0) is 23.3 Å². The van der Waals surface area contributed by atoms with Crippen LogP contribution in [0.5, 0.6) is 0 Å². The summed E-state index contributed by atoms with van der Waals surface area (Å²) in [6.07, 6.45) is 4.52. The van der Waals surface area contributed by atoms with Gasteiger partial charge in [0.2, 0.25) is 0 Å². The fourth-order valence-corrected chi connectivity index (χ4v) is 2.36. The molecule has 3 aromatic rings. The van der Waals surface area contributed by atoms with Crippen molar-refractivity contribution in [3.05, 3.63) is 95.8 Å². The van der Waals surface area contributed by atoms with Crippen molar-refractivity contribution in [1.82, 2.24) is 9.97 Å². The van der Waals surface area contributed by atoms with Crippen LogP contribution < -0.4 is 0 Å². The molecule has 1 unspecified atom stereocenters. The maximum absolute atomic E-state index is 13.2. The molecule has 0 fully saturated rings. The molecule has 4 heteroatoms. The van der Waals surface area contributed by atoms with Gasteiger partial charge < -0.3 is 5.11 Å². The molecule has 0 saturated heterocycles. The second-order valence-corrected chi connectivity index (χ2v) is 4.71. The van der Waals surface area contributed by atoms with Crippen LogP contribution in [-0.4, -0.2) is 15.1 Å². The van der Waals surface area contributed by atoms with Crippen molar-refractivity contribution in [3.8, 4) is 0 Å². The van der Waals surface area contributed by atoms with Crippen LogP contribution >= 0.6 is 0 Å². The van der Waals surface area contributed by atoms with Crippen LogP contribution in [0.4, 0.5) is 4.39 Å². The summed E-state index contributed by atoms with van der Waals surface area (Å²) in [4.78, 5) is 7.95. The van der Waals surface area contributed by atoms with Crippen LogP contribution in [0.2, 0.25) is 0 Å². The molecule has 3 nitrogen and oxygen atoms in total. The van der Waals surface area contributed by atoms with Crippen molar-refractivity contribution < 1.29 is 9.50 Å². The van der Waals surface area contributed by atoms with Gasteiger partial charge in [-0.2, -0.15) is 0 Å². The van der Waals surface area contributed by atoms with Crippen molar-refractivity contribution in [2.75, 3.05) is 0 Å². The minimum atomic E-state index is -1.42. The Bertz CT molecular complexity index is 675. The highest BCUT2D eigenvalue weighted by Crippen LogP contribution is 2.35. The van der Waals surface area contributed by atoms with Gasteiger partial charge in [-0.25, -0.2) is 14.4 Å². The number of halogens is 1. The molecule has 1 aromatic heterocycles. The topological polar surface area (TPSA) is 46.0 Å². The number of nitrogens with zero attached hydrogens (tertiary/aromatic N) is 2. The van der Waals surface area contributed by atoms with Crippen molar-refractivity contribution in [3.63, 3.8) is 0 Å². The van der Waals surface area contributed by atoms with Crippen molar-refractivity contribution >= 4 is 0 Å². The van der Waals surface area contributed by atoms with E-state index < -0.39 is 5.60 Å². The molecule has 3 rings (SSSR count). The molecule has 104 valence electrons. The number of hydrogen-bond donors (Lipinski definition) is 1. The van der Waals surface area contributed by atoms with Crippen LogP contribution in [0.25, 0.3) is 0 Å². The molecule has 1 heterocycles. The Morgan fingerprint density at radius 3 is 1.95 bits per heavy atom. The lowest BCUT2D eigenvalue weighted by Crippen LogP contribution is -2.29. The van der Waals surface area contributed by atoms with E-state index in [9.17, 15) is 9.50 Å². The number of aliphatic hydroxyl groups is 1.